The molecule has 0 aliphatic rings. The maximum Gasteiger partial charge on any atom is 0.360 e. The SMILES string of the molecule is C=C[Si](C)(OC)OC.CO[SiH](C)OC.CO[Si](C)(CC[Si](C)(OC)OC)OC.[Pt]. The van der Waals surface area contributed by atoms with Crippen LogP contribution < -0.4 is 0 Å². The summed E-state index contributed by atoms with van der Waals surface area (Å²) in [6, 6.07) is 1.81. The topological polar surface area (TPSA) is 73.8 Å². The molecule has 0 saturated carbocycles. The molecule has 29 heavy (non-hydrogen) atoms. The Balaban J connectivity index is -0.000000177. The molecule has 0 N–H and O–H groups in total. The Hall–Kier alpha value is 0.976. The molecule has 0 unspecified atom stereocenters. The molecule has 0 atom stereocenters. The Labute approximate surface area is 198 Å². The van der Waals surface area contributed by atoms with Gasteiger partial charge in [0, 0.05) is 77.9 Å². The maximum atomic E-state index is 5.40. The third kappa shape index (κ3) is 19.4. The van der Waals surface area contributed by atoms with Gasteiger partial charge in [-0.25, -0.2) is 0 Å². The Morgan fingerprint density at radius 1 is 0.655 bits per heavy atom. The van der Waals surface area contributed by atoms with E-state index in [1.807, 2.05) is 26.2 Å². The minimum absolute atomic E-state index is 0. The van der Waals surface area contributed by atoms with E-state index in [1.165, 1.54) is 0 Å². The second-order valence-electron chi connectivity index (χ2n) is 6.25. The van der Waals surface area contributed by atoms with Crippen molar-refractivity contribution in [2.75, 3.05) is 56.9 Å². The molecular weight excluding hydrogens is 628 g/mol. The first kappa shape index (κ1) is 37.3. The minimum atomic E-state index is -1.96. The molecule has 182 valence electrons. The monoisotopic (exact) mass is 671 g/mol. The van der Waals surface area contributed by atoms with E-state index < -0.39 is 35.0 Å². The van der Waals surface area contributed by atoms with Gasteiger partial charge in [0.15, 0.2) is 0 Å². The van der Waals surface area contributed by atoms with Crippen molar-refractivity contribution >= 4 is 35.0 Å². The van der Waals surface area contributed by atoms with Gasteiger partial charge >= 0.3 is 35.0 Å². The van der Waals surface area contributed by atoms with E-state index in [4.69, 9.17) is 35.4 Å². The molecule has 0 aromatic rings. The Bertz CT molecular complexity index is 349. The zero-order valence-electron chi connectivity index (χ0n) is 20.4. The van der Waals surface area contributed by atoms with Crippen molar-refractivity contribution < 1.29 is 56.5 Å². The molecule has 0 heterocycles. The molecule has 0 radical (unpaired) electrons. The normalized spacial score (nSPS) is 11.6. The van der Waals surface area contributed by atoms with Gasteiger partial charge in [-0.15, -0.1) is 6.58 Å². The van der Waals surface area contributed by atoms with Gasteiger partial charge in [-0.05, 0) is 44.0 Å². The summed E-state index contributed by atoms with van der Waals surface area (Å²) in [4.78, 5) is 0. The van der Waals surface area contributed by atoms with Gasteiger partial charge in [-0.1, -0.05) is 0 Å². The van der Waals surface area contributed by atoms with Crippen LogP contribution in [0.3, 0.4) is 0 Å². The summed E-state index contributed by atoms with van der Waals surface area (Å²) in [5.74, 6) is 0. The largest absolute Gasteiger partial charge is 0.400 e. The molecule has 13 heteroatoms. The molecule has 0 amide bonds. The van der Waals surface area contributed by atoms with Crippen LogP contribution in [0.25, 0.3) is 0 Å². The molecule has 0 aliphatic heterocycles. The van der Waals surface area contributed by atoms with E-state index in [9.17, 15) is 0 Å². The van der Waals surface area contributed by atoms with E-state index in [1.54, 1.807) is 62.6 Å². The van der Waals surface area contributed by atoms with Gasteiger partial charge in [-0.3, -0.25) is 0 Å². The van der Waals surface area contributed by atoms with Crippen LogP contribution in [-0.4, -0.2) is 91.8 Å². The predicted molar refractivity (Wildman–Crippen MR) is 124 cm³/mol. The van der Waals surface area contributed by atoms with Gasteiger partial charge in [0.25, 0.3) is 0 Å². The van der Waals surface area contributed by atoms with Crippen molar-refractivity contribution in [1.29, 1.82) is 0 Å². The predicted octanol–water partition coefficient (Wildman–Crippen LogP) is 2.92. The molecule has 8 nitrogen and oxygen atoms in total. The third-order valence-corrected chi connectivity index (χ3v) is 14.6. The molecule has 0 fully saturated rings. The average molecular weight is 672 g/mol. The minimum Gasteiger partial charge on any atom is -0.400 e. The van der Waals surface area contributed by atoms with Crippen molar-refractivity contribution in [3.05, 3.63) is 12.3 Å². The molecule has 0 aliphatic carbocycles. The van der Waals surface area contributed by atoms with Crippen LogP contribution in [0.2, 0.25) is 38.3 Å². The first-order valence-corrected chi connectivity index (χ1v) is 18.5. The van der Waals surface area contributed by atoms with Crippen LogP contribution in [-0.2, 0) is 56.5 Å². The van der Waals surface area contributed by atoms with Crippen molar-refractivity contribution in [3.63, 3.8) is 0 Å². The summed E-state index contributed by atoms with van der Waals surface area (Å²) in [6.45, 7) is 11.6. The van der Waals surface area contributed by atoms with Crippen molar-refractivity contribution in [2.24, 2.45) is 0 Å². The van der Waals surface area contributed by atoms with E-state index in [-0.39, 0.29) is 21.1 Å². The maximum absolute atomic E-state index is 5.40. The molecule has 0 saturated heterocycles. The number of hydrogen-bond donors (Lipinski definition) is 0. The summed E-state index contributed by atoms with van der Waals surface area (Å²) in [5, 5.41) is 0. The standard InChI is InChI=1S/C8H22O4Si2.C5H12O2Si.C3H10O2Si.Pt/c1-9-13(5,10-2)7-8-14(6,11-3)12-4;1-5-8(4,6-2)7-3;1-4-6(3)5-2;/h7-8H2,1-6H3;5H,1H2,2-4H3;6H,1-3H3;. The van der Waals surface area contributed by atoms with Gasteiger partial charge in [0.05, 0.1) is 0 Å². The molecular formula is C16H44O8PtSi4. The Morgan fingerprint density at radius 2 is 0.931 bits per heavy atom. The van der Waals surface area contributed by atoms with Gasteiger partial charge < -0.3 is 35.4 Å². The molecule has 0 bridgehead atoms. The zero-order valence-corrected chi connectivity index (χ0v) is 26.8. The van der Waals surface area contributed by atoms with Crippen molar-refractivity contribution in [3.8, 4) is 0 Å². The van der Waals surface area contributed by atoms with Crippen LogP contribution in [0, 0.1) is 0 Å². The fourth-order valence-electron chi connectivity index (χ4n) is 1.38. The van der Waals surface area contributed by atoms with Crippen LogP contribution in [0.1, 0.15) is 0 Å². The number of hydrogen-bond acceptors (Lipinski definition) is 8. The summed E-state index contributed by atoms with van der Waals surface area (Å²) in [6.07, 6.45) is 0. The van der Waals surface area contributed by atoms with E-state index >= 15 is 0 Å². The van der Waals surface area contributed by atoms with E-state index in [0.29, 0.717) is 0 Å². The first-order valence-electron chi connectivity index (χ1n) is 8.94. The zero-order chi connectivity index (χ0) is 22.9. The van der Waals surface area contributed by atoms with Crippen LogP contribution >= 0.6 is 0 Å². The average Bonchev–Trinajstić information content (AvgIpc) is 2.76. The van der Waals surface area contributed by atoms with E-state index in [2.05, 4.69) is 6.58 Å². The van der Waals surface area contributed by atoms with Crippen molar-refractivity contribution in [2.45, 2.75) is 38.3 Å². The molecule has 0 aromatic heterocycles. The van der Waals surface area contributed by atoms with Crippen LogP contribution in [0.15, 0.2) is 12.3 Å². The summed E-state index contributed by atoms with van der Waals surface area (Å²) in [5.41, 5.74) is 1.74. The molecule has 0 spiro atoms. The van der Waals surface area contributed by atoms with Crippen molar-refractivity contribution in [1.82, 2.24) is 0 Å². The fraction of sp³-hybridized carbons (Fsp3) is 0.875. The smallest absolute Gasteiger partial charge is 0.360 e. The van der Waals surface area contributed by atoms with Gasteiger partial charge in [0.2, 0.25) is 0 Å². The van der Waals surface area contributed by atoms with Crippen LogP contribution in [0.5, 0.6) is 0 Å². The summed E-state index contributed by atoms with van der Waals surface area (Å²) in [7, 11) is 6.42. The van der Waals surface area contributed by atoms with Crippen LogP contribution in [0.4, 0.5) is 0 Å². The second kappa shape index (κ2) is 20.9. The quantitative estimate of drug-likeness (QED) is 0.294. The number of rotatable bonds is 12. The fourth-order valence-corrected chi connectivity index (χ4v) is 6.85. The second-order valence-corrected chi connectivity index (χ2v) is 18.8. The Morgan fingerprint density at radius 3 is 1.00 bits per heavy atom. The molecule has 0 rings (SSSR count). The first-order chi connectivity index (χ1) is 12.9. The third-order valence-electron chi connectivity index (χ3n) is 4.61. The molecule has 0 aromatic carbocycles. The van der Waals surface area contributed by atoms with E-state index in [0.717, 1.165) is 12.1 Å². The summed E-state index contributed by atoms with van der Waals surface area (Å²) < 4.78 is 41.3. The Kier molecular flexibility index (Phi) is 26.8. The van der Waals surface area contributed by atoms with Gasteiger partial charge in [-0.2, -0.15) is 0 Å². The summed E-state index contributed by atoms with van der Waals surface area (Å²) >= 11 is 0. The van der Waals surface area contributed by atoms with Gasteiger partial charge in [0.1, 0.15) is 0 Å².